The second-order valence-corrected chi connectivity index (χ2v) is 5.33. The SMILES string of the molecule is NC(=NCC1CCCO1)NCCc1ccc2cn[nH]c2c1. The van der Waals surface area contributed by atoms with Crippen LogP contribution in [0.4, 0.5) is 0 Å². The van der Waals surface area contributed by atoms with Gasteiger partial charge >= 0.3 is 0 Å². The molecule has 6 heteroatoms. The molecule has 0 radical (unpaired) electrons. The lowest BCUT2D eigenvalue weighted by molar-refractivity contribution is 0.118. The van der Waals surface area contributed by atoms with E-state index in [9.17, 15) is 0 Å². The van der Waals surface area contributed by atoms with Gasteiger partial charge in [-0.1, -0.05) is 12.1 Å². The Morgan fingerprint density at radius 2 is 2.48 bits per heavy atom. The summed E-state index contributed by atoms with van der Waals surface area (Å²) in [5.41, 5.74) is 8.16. The number of hydrogen-bond acceptors (Lipinski definition) is 3. The Hall–Kier alpha value is -2.08. The fourth-order valence-electron chi connectivity index (χ4n) is 2.52. The van der Waals surface area contributed by atoms with Crippen LogP contribution < -0.4 is 11.1 Å². The summed E-state index contributed by atoms with van der Waals surface area (Å²) in [6.45, 7) is 2.27. The van der Waals surface area contributed by atoms with E-state index in [2.05, 4.69) is 38.7 Å². The maximum atomic E-state index is 5.86. The number of H-pyrrole nitrogens is 1. The molecule has 1 aromatic carbocycles. The number of ether oxygens (including phenoxy) is 1. The highest BCUT2D eigenvalue weighted by Gasteiger charge is 2.14. The first kappa shape index (κ1) is 13.9. The smallest absolute Gasteiger partial charge is 0.188 e. The Kier molecular flexibility index (Phi) is 4.35. The van der Waals surface area contributed by atoms with E-state index in [1.807, 2.05) is 6.20 Å². The molecule has 3 rings (SSSR count). The largest absolute Gasteiger partial charge is 0.376 e. The molecule has 1 aliphatic heterocycles. The van der Waals surface area contributed by atoms with E-state index in [1.54, 1.807) is 0 Å². The van der Waals surface area contributed by atoms with E-state index >= 15 is 0 Å². The normalized spacial score (nSPS) is 19.2. The fraction of sp³-hybridized carbons (Fsp3) is 0.467. The molecule has 1 saturated heterocycles. The lowest BCUT2D eigenvalue weighted by Crippen LogP contribution is -2.34. The first-order chi connectivity index (χ1) is 10.3. The van der Waals surface area contributed by atoms with Crippen LogP contribution in [0.25, 0.3) is 10.9 Å². The number of hydrogen-bond donors (Lipinski definition) is 3. The van der Waals surface area contributed by atoms with E-state index < -0.39 is 0 Å². The van der Waals surface area contributed by atoms with Crippen LogP contribution >= 0.6 is 0 Å². The molecule has 2 aromatic rings. The van der Waals surface area contributed by atoms with Crippen LogP contribution in [-0.4, -0.2) is 42.0 Å². The summed E-state index contributed by atoms with van der Waals surface area (Å²) in [6.07, 6.45) is 5.18. The minimum atomic E-state index is 0.244. The molecule has 2 heterocycles. The Balaban J connectivity index is 1.45. The number of aromatic nitrogens is 2. The number of rotatable bonds is 5. The van der Waals surface area contributed by atoms with Gasteiger partial charge in [0.2, 0.25) is 0 Å². The molecule has 112 valence electrons. The number of nitrogens with two attached hydrogens (primary N) is 1. The van der Waals surface area contributed by atoms with E-state index in [0.717, 1.165) is 43.3 Å². The Morgan fingerprint density at radius 1 is 1.52 bits per heavy atom. The highest BCUT2D eigenvalue weighted by atomic mass is 16.5. The average Bonchev–Trinajstić information content (AvgIpc) is 3.16. The Bertz CT molecular complexity index is 615. The number of nitrogens with zero attached hydrogens (tertiary/aromatic N) is 2. The third-order valence-electron chi connectivity index (χ3n) is 3.72. The zero-order valence-electron chi connectivity index (χ0n) is 12.0. The lowest BCUT2D eigenvalue weighted by atomic mass is 10.1. The molecular formula is C15H21N5O. The van der Waals surface area contributed by atoms with Crippen LogP contribution in [0, 0.1) is 0 Å². The van der Waals surface area contributed by atoms with Crippen molar-refractivity contribution < 1.29 is 4.74 Å². The molecule has 0 spiro atoms. The molecular weight excluding hydrogens is 266 g/mol. The Labute approximate surface area is 123 Å². The predicted molar refractivity (Wildman–Crippen MR) is 83.3 cm³/mol. The molecule has 6 nitrogen and oxygen atoms in total. The van der Waals surface area contributed by atoms with Crippen molar-refractivity contribution in [3.63, 3.8) is 0 Å². The number of aliphatic imine (C=N–C) groups is 1. The lowest BCUT2D eigenvalue weighted by Gasteiger charge is -2.08. The minimum absolute atomic E-state index is 0.244. The molecule has 1 aromatic heterocycles. The zero-order valence-corrected chi connectivity index (χ0v) is 12.0. The van der Waals surface area contributed by atoms with E-state index in [0.29, 0.717) is 12.5 Å². The van der Waals surface area contributed by atoms with Gasteiger partial charge in [-0.3, -0.25) is 10.1 Å². The minimum Gasteiger partial charge on any atom is -0.376 e. The van der Waals surface area contributed by atoms with Crippen molar-refractivity contribution in [1.29, 1.82) is 0 Å². The van der Waals surface area contributed by atoms with Gasteiger partial charge in [-0.15, -0.1) is 0 Å². The molecule has 1 aliphatic rings. The quantitative estimate of drug-likeness (QED) is 0.569. The first-order valence-electron chi connectivity index (χ1n) is 7.39. The predicted octanol–water partition coefficient (Wildman–Crippen LogP) is 1.19. The van der Waals surface area contributed by atoms with Gasteiger partial charge in [-0.25, -0.2) is 0 Å². The van der Waals surface area contributed by atoms with Gasteiger partial charge in [0.15, 0.2) is 5.96 Å². The molecule has 1 fully saturated rings. The highest BCUT2D eigenvalue weighted by Crippen LogP contribution is 2.13. The standard InChI is InChI=1S/C15H21N5O/c16-15(18-10-13-2-1-7-21-13)17-6-5-11-3-4-12-9-19-20-14(12)8-11/h3-4,8-9,13H,1-2,5-7,10H2,(H,19,20)(H3,16,17,18). The number of aromatic amines is 1. The van der Waals surface area contributed by atoms with Gasteiger partial charge in [-0.2, -0.15) is 5.10 Å². The third kappa shape index (κ3) is 3.72. The van der Waals surface area contributed by atoms with Crippen molar-refractivity contribution in [2.24, 2.45) is 10.7 Å². The summed E-state index contributed by atoms with van der Waals surface area (Å²) in [5.74, 6) is 0.494. The summed E-state index contributed by atoms with van der Waals surface area (Å²) in [5, 5.41) is 11.3. The van der Waals surface area contributed by atoms with Crippen molar-refractivity contribution in [3.8, 4) is 0 Å². The van der Waals surface area contributed by atoms with Crippen molar-refractivity contribution in [3.05, 3.63) is 30.0 Å². The van der Waals surface area contributed by atoms with Crippen LogP contribution in [-0.2, 0) is 11.2 Å². The van der Waals surface area contributed by atoms with Gasteiger partial charge in [0.25, 0.3) is 0 Å². The molecule has 21 heavy (non-hydrogen) atoms. The Morgan fingerprint density at radius 3 is 3.33 bits per heavy atom. The first-order valence-corrected chi connectivity index (χ1v) is 7.39. The summed E-state index contributed by atoms with van der Waals surface area (Å²) in [7, 11) is 0. The molecule has 1 atom stereocenters. The van der Waals surface area contributed by atoms with E-state index in [4.69, 9.17) is 10.5 Å². The van der Waals surface area contributed by atoms with Crippen molar-refractivity contribution in [1.82, 2.24) is 15.5 Å². The van der Waals surface area contributed by atoms with Gasteiger partial charge in [0, 0.05) is 18.5 Å². The van der Waals surface area contributed by atoms with E-state index in [1.165, 1.54) is 5.56 Å². The second-order valence-electron chi connectivity index (χ2n) is 5.33. The van der Waals surface area contributed by atoms with Crippen molar-refractivity contribution in [2.75, 3.05) is 19.7 Å². The van der Waals surface area contributed by atoms with Crippen LogP contribution in [0.1, 0.15) is 18.4 Å². The monoisotopic (exact) mass is 287 g/mol. The van der Waals surface area contributed by atoms with Gasteiger partial charge in [0.1, 0.15) is 0 Å². The number of fused-ring (bicyclic) bond motifs is 1. The summed E-state index contributed by atoms with van der Waals surface area (Å²) < 4.78 is 5.51. The average molecular weight is 287 g/mol. The van der Waals surface area contributed by atoms with Crippen LogP contribution in [0.2, 0.25) is 0 Å². The van der Waals surface area contributed by atoms with Gasteiger partial charge in [-0.05, 0) is 30.9 Å². The van der Waals surface area contributed by atoms with E-state index in [-0.39, 0.29) is 6.10 Å². The number of nitrogens with one attached hydrogen (secondary N) is 2. The number of guanidine groups is 1. The fourth-order valence-corrected chi connectivity index (χ4v) is 2.52. The zero-order chi connectivity index (χ0) is 14.5. The second kappa shape index (κ2) is 6.58. The van der Waals surface area contributed by atoms with Crippen LogP contribution in [0.15, 0.2) is 29.4 Å². The molecule has 4 N–H and O–H groups in total. The molecule has 0 bridgehead atoms. The van der Waals surface area contributed by atoms with Gasteiger partial charge in [0.05, 0.1) is 24.4 Å². The number of benzene rings is 1. The highest BCUT2D eigenvalue weighted by molar-refractivity contribution is 5.79. The maximum absolute atomic E-state index is 5.86. The summed E-state index contributed by atoms with van der Waals surface area (Å²) in [6, 6.07) is 6.30. The molecule has 1 unspecified atom stereocenters. The molecule has 0 saturated carbocycles. The van der Waals surface area contributed by atoms with Gasteiger partial charge < -0.3 is 15.8 Å². The molecule has 0 amide bonds. The maximum Gasteiger partial charge on any atom is 0.188 e. The van der Waals surface area contributed by atoms with Crippen LogP contribution in [0.5, 0.6) is 0 Å². The van der Waals surface area contributed by atoms with Crippen LogP contribution in [0.3, 0.4) is 0 Å². The summed E-state index contributed by atoms with van der Waals surface area (Å²) in [4.78, 5) is 4.32. The summed E-state index contributed by atoms with van der Waals surface area (Å²) >= 11 is 0. The topological polar surface area (TPSA) is 88.3 Å². The molecule has 0 aliphatic carbocycles. The van der Waals surface area contributed by atoms with Crippen molar-refractivity contribution >= 4 is 16.9 Å². The third-order valence-corrected chi connectivity index (χ3v) is 3.72. The van der Waals surface area contributed by atoms with Crippen molar-refractivity contribution in [2.45, 2.75) is 25.4 Å².